The predicted octanol–water partition coefficient (Wildman–Crippen LogP) is 8.43. The zero-order valence-electron chi connectivity index (χ0n) is 20.6. The largest absolute Gasteiger partial charge is 0.356 e. The Hall–Kier alpha value is -3.16. The van der Waals surface area contributed by atoms with Gasteiger partial charge in [-0.25, -0.2) is 0 Å². The van der Waals surface area contributed by atoms with E-state index in [4.69, 9.17) is 4.74 Å². The molecule has 1 heteroatoms. The van der Waals surface area contributed by atoms with Crippen molar-refractivity contribution >= 4 is 0 Å². The van der Waals surface area contributed by atoms with Crippen LogP contribution in [0.25, 0.3) is 0 Å². The van der Waals surface area contributed by atoms with Crippen molar-refractivity contribution in [3.63, 3.8) is 0 Å². The molecule has 0 heterocycles. The van der Waals surface area contributed by atoms with Crippen molar-refractivity contribution < 1.29 is 4.74 Å². The highest BCUT2D eigenvalue weighted by Gasteiger charge is 2.26. The van der Waals surface area contributed by atoms with E-state index >= 15 is 0 Å². The van der Waals surface area contributed by atoms with Crippen molar-refractivity contribution in [1.82, 2.24) is 0 Å². The van der Waals surface area contributed by atoms with Gasteiger partial charge in [0.05, 0.1) is 0 Å². The molecule has 0 aliphatic heterocycles. The molecule has 0 aromatic heterocycles. The molecule has 0 saturated heterocycles. The molecular weight excluding hydrogens is 400 g/mol. The van der Waals surface area contributed by atoms with Crippen LogP contribution in [0.1, 0.15) is 67.8 Å². The van der Waals surface area contributed by atoms with Gasteiger partial charge in [0.2, 0.25) is 0 Å². The molecule has 0 aliphatic rings. The average molecular weight is 435 g/mol. The summed E-state index contributed by atoms with van der Waals surface area (Å²) in [7, 11) is 0. The fraction of sp³-hybridized carbons (Fsp3) is 0.250. The Kier molecular flexibility index (Phi) is 6.81. The van der Waals surface area contributed by atoms with Crippen molar-refractivity contribution in [3.05, 3.63) is 141 Å². The van der Waals surface area contributed by atoms with E-state index in [0.717, 1.165) is 0 Å². The highest BCUT2D eigenvalue weighted by atomic mass is 16.5. The minimum Gasteiger partial charge on any atom is -0.356 e. The summed E-state index contributed by atoms with van der Waals surface area (Å²) in [4.78, 5) is 0. The fourth-order valence-corrected chi connectivity index (χ4v) is 4.74. The quantitative estimate of drug-likeness (QED) is 0.296. The Morgan fingerprint density at radius 1 is 0.485 bits per heavy atom. The molecule has 4 rings (SSSR count). The first-order valence-corrected chi connectivity index (χ1v) is 11.8. The number of ether oxygens (including phenoxy) is 1. The van der Waals surface area contributed by atoms with Gasteiger partial charge in [0.1, 0.15) is 12.2 Å². The molecule has 1 nitrogen and oxygen atoms in total. The minimum absolute atomic E-state index is 0.171. The highest BCUT2D eigenvalue weighted by Crippen LogP contribution is 2.39. The third kappa shape index (κ3) is 4.94. The van der Waals surface area contributed by atoms with Gasteiger partial charge < -0.3 is 4.74 Å². The maximum atomic E-state index is 7.18. The van der Waals surface area contributed by atoms with Crippen LogP contribution in [0.5, 0.6) is 0 Å². The van der Waals surface area contributed by atoms with Gasteiger partial charge in [0, 0.05) is 0 Å². The van der Waals surface area contributed by atoms with Crippen LogP contribution in [0.2, 0.25) is 0 Å². The van der Waals surface area contributed by atoms with Crippen molar-refractivity contribution in [3.8, 4) is 0 Å². The summed E-state index contributed by atoms with van der Waals surface area (Å²) in [5.74, 6) is 0. The maximum absolute atomic E-state index is 7.18. The third-order valence-corrected chi connectivity index (χ3v) is 6.75. The molecule has 0 fully saturated rings. The summed E-state index contributed by atoms with van der Waals surface area (Å²) in [5.41, 5.74) is 12.5. The number of benzene rings is 4. The van der Waals surface area contributed by atoms with Gasteiger partial charge in [0.25, 0.3) is 0 Å². The molecule has 2 unspecified atom stereocenters. The van der Waals surface area contributed by atoms with E-state index in [1.54, 1.807) is 0 Å². The molecule has 4 aromatic rings. The SMILES string of the molecule is Cc1cc(C)c(C)c(C(OC(c2ccccc2)c2cc(C)cc(C)c2C)c2ccccc2)c1. The topological polar surface area (TPSA) is 9.23 Å². The average Bonchev–Trinajstić information content (AvgIpc) is 2.81. The van der Waals surface area contributed by atoms with Gasteiger partial charge in [-0.2, -0.15) is 0 Å². The van der Waals surface area contributed by atoms with E-state index in [1.165, 1.54) is 55.6 Å². The first-order chi connectivity index (χ1) is 15.8. The lowest BCUT2D eigenvalue weighted by molar-refractivity contribution is 0.0301. The molecule has 0 radical (unpaired) electrons. The Morgan fingerprint density at radius 3 is 1.21 bits per heavy atom. The van der Waals surface area contributed by atoms with Crippen LogP contribution in [-0.4, -0.2) is 0 Å². The summed E-state index contributed by atoms with van der Waals surface area (Å²) < 4.78 is 7.18. The highest BCUT2D eigenvalue weighted by molar-refractivity contribution is 5.45. The van der Waals surface area contributed by atoms with Gasteiger partial charge in [-0.15, -0.1) is 0 Å². The molecule has 0 N–H and O–H groups in total. The molecule has 0 spiro atoms. The summed E-state index contributed by atoms with van der Waals surface area (Å²) in [6.45, 7) is 13.1. The van der Waals surface area contributed by atoms with Crippen molar-refractivity contribution in [2.45, 2.75) is 53.8 Å². The first kappa shape index (κ1) is 23.0. The standard InChI is InChI=1S/C32H34O/c1-21-17-23(3)25(5)29(19-21)31(27-13-9-7-10-14-27)33-32(28-15-11-8-12-16-28)30-20-22(2)18-24(4)26(30)6/h7-20,31-32H,1-6H3. The van der Waals surface area contributed by atoms with E-state index in [9.17, 15) is 0 Å². The lowest BCUT2D eigenvalue weighted by Gasteiger charge is -2.30. The summed E-state index contributed by atoms with van der Waals surface area (Å²) >= 11 is 0. The fourth-order valence-electron chi connectivity index (χ4n) is 4.74. The molecule has 0 saturated carbocycles. The molecule has 4 aromatic carbocycles. The predicted molar refractivity (Wildman–Crippen MR) is 139 cm³/mol. The number of aryl methyl sites for hydroxylation is 4. The second-order valence-corrected chi connectivity index (χ2v) is 9.31. The molecule has 168 valence electrons. The molecule has 0 bridgehead atoms. The Bertz CT molecular complexity index is 1140. The van der Waals surface area contributed by atoms with E-state index in [0.29, 0.717) is 0 Å². The molecule has 2 atom stereocenters. The maximum Gasteiger partial charge on any atom is 0.109 e. The van der Waals surface area contributed by atoms with E-state index in [1.807, 2.05) is 0 Å². The Balaban J connectivity index is 1.91. The molecule has 0 amide bonds. The number of hydrogen-bond acceptors (Lipinski definition) is 1. The van der Waals surface area contributed by atoms with E-state index in [-0.39, 0.29) is 12.2 Å². The third-order valence-electron chi connectivity index (χ3n) is 6.75. The van der Waals surface area contributed by atoms with Gasteiger partial charge in [-0.05, 0) is 86.1 Å². The van der Waals surface area contributed by atoms with E-state index < -0.39 is 0 Å². The second-order valence-electron chi connectivity index (χ2n) is 9.31. The molecule has 33 heavy (non-hydrogen) atoms. The van der Waals surface area contributed by atoms with Crippen LogP contribution >= 0.6 is 0 Å². The van der Waals surface area contributed by atoms with E-state index in [2.05, 4.69) is 126 Å². The van der Waals surface area contributed by atoms with Crippen molar-refractivity contribution in [2.75, 3.05) is 0 Å². The zero-order chi connectivity index (χ0) is 23.5. The second kappa shape index (κ2) is 9.77. The lowest BCUT2D eigenvalue weighted by atomic mass is 9.90. The van der Waals surface area contributed by atoms with Crippen LogP contribution in [0.3, 0.4) is 0 Å². The van der Waals surface area contributed by atoms with Crippen molar-refractivity contribution in [2.24, 2.45) is 0 Å². The van der Waals surface area contributed by atoms with Crippen LogP contribution in [-0.2, 0) is 4.74 Å². The van der Waals surface area contributed by atoms with Crippen LogP contribution in [0, 0.1) is 41.5 Å². The zero-order valence-corrected chi connectivity index (χ0v) is 20.6. The van der Waals surface area contributed by atoms with Crippen LogP contribution < -0.4 is 0 Å². The summed E-state index contributed by atoms with van der Waals surface area (Å²) in [6.07, 6.45) is -0.342. The molecule has 0 aliphatic carbocycles. The summed E-state index contributed by atoms with van der Waals surface area (Å²) in [5, 5.41) is 0. The van der Waals surface area contributed by atoms with Gasteiger partial charge in [-0.3, -0.25) is 0 Å². The van der Waals surface area contributed by atoms with Gasteiger partial charge in [-0.1, -0.05) is 96.1 Å². The number of hydrogen-bond donors (Lipinski definition) is 0. The minimum atomic E-state index is -0.171. The first-order valence-electron chi connectivity index (χ1n) is 11.8. The van der Waals surface area contributed by atoms with Gasteiger partial charge >= 0.3 is 0 Å². The molecular formula is C32H34O. The smallest absolute Gasteiger partial charge is 0.109 e. The Morgan fingerprint density at radius 2 is 0.848 bits per heavy atom. The van der Waals surface area contributed by atoms with Crippen LogP contribution in [0.4, 0.5) is 0 Å². The Labute approximate surface area is 199 Å². The number of rotatable bonds is 6. The lowest BCUT2D eigenvalue weighted by Crippen LogP contribution is -2.16. The monoisotopic (exact) mass is 434 g/mol. The van der Waals surface area contributed by atoms with Gasteiger partial charge in [0.15, 0.2) is 0 Å². The summed E-state index contributed by atoms with van der Waals surface area (Å²) in [6, 6.07) is 30.3. The van der Waals surface area contributed by atoms with Crippen LogP contribution in [0.15, 0.2) is 84.9 Å². The van der Waals surface area contributed by atoms with Crippen molar-refractivity contribution in [1.29, 1.82) is 0 Å². The normalized spacial score (nSPS) is 13.0.